The van der Waals surface area contributed by atoms with Gasteiger partial charge in [0.2, 0.25) is 0 Å². The molecule has 0 saturated carbocycles. The third-order valence-corrected chi connectivity index (χ3v) is 2.85. The molecule has 0 aromatic heterocycles. The molecule has 0 saturated heterocycles. The number of hydrogen-bond donors (Lipinski definition) is 2. The summed E-state index contributed by atoms with van der Waals surface area (Å²) >= 11 is 0. The van der Waals surface area contributed by atoms with E-state index in [-0.39, 0.29) is 5.97 Å². The summed E-state index contributed by atoms with van der Waals surface area (Å²) in [5.41, 5.74) is -1.74. The number of carbonyl (C=O) groups excluding carboxylic acids is 1. The first-order valence-corrected chi connectivity index (χ1v) is 6.04. The van der Waals surface area contributed by atoms with Gasteiger partial charge in [-0.05, 0) is 48.5 Å². The predicted molar refractivity (Wildman–Crippen MR) is 68.8 cm³/mol. The van der Waals surface area contributed by atoms with Crippen LogP contribution >= 0.6 is 0 Å². The van der Waals surface area contributed by atoms with E-state index < -0.39 is 16.7 Å². The molecule has 102 valence electrons. The minimum atomic E-state index is -0.846. The summed E-state index contributed by atoms with van der Waals surface area (Å²) in [7, 11) is 0. The molecule has 17 heavy (non-hydrogen) atoms. The molecule has 0 bridgehead atoms. The molecule has 0 aliphatic carbocycles. The normalized spacial score (nSPS) is 13.6. The minimum absolute atomic E-state index is 0.225. The summed E-state index contributed by atoms with van der Waals surface area (Å²) in [5, 5.41) is 13.1. The van der Waals surface area contributed by atoms with Crippen LogP contribution in [0.4, 0.5) is 0 Å². The third-order valence-electron chi connectivity index (χ3n) is 2.85. The zero-order valence-corrected chi connectivity index (χ0v) is 12.2. The van der Waals surface area contributed by atoms with Gasteiger partial charge >= 0.3 is 5.97 Å². The van der Waals surface area contributed by atoms with Gasteiger partial charge < -0.3 is 15.2 Å². The molecule has 0 spiro atoms. The Hall–Kier alpha value is -0.610. The smallest absolute Gasteiger partial charge is 0.307 e. The highest BCUT2D eigenvalue weighted by atomic mass is 16.6. The topological polar surface area (TPSA) is 58.6 Å². The molecule has 0 radical (unpaired) electrons. The lowest BCUT2D eigenvalue weighted by atomic mass is 9.86. The molecular weight excluding hydrogens is 218 g/mol. The van der Waals surface area contributed by atoms with Crippen LogP contribution in [0, 0.1) is 0 Å². The summed E-state index contributed by atoms with van der Waals surface area (Å²) in [6.45, 7) is 13.3. The van der Waals surface area contributed by atoms with Crippen LogP contribution < -0.4 is 5.32 Å². The second-order valence-corrected chi connectivity index (χ2v) is 6.45. The number of rotatable bonds is 5. The fourth-order valence-corrected chi connectivity index (χ4v) is 1.09. The summed E-state index contributed by atoms with van der Waals surface area (Å²) < 4.78 is 5.20. The van der Waals surface area contributed by atoms with Gasteiger partial charge in [-0.3, -0.25) is 4.79 Å². The molecule has 0 aromatic carbocycles. The number of hydrogen-bond acceptors (Lipinski definition) is 4. The minimum Gasteiger partial charge on any atom is -0.460 e. The second kappa shape index (κ2) is 5.36. The van der Waals surface area contributed by atoms with Gasteiger partial charge in [-0.15, -0.1) is 0 Å². The summed E-state index contributed by atoms with van der Waals surface area (Å²) in [5.74, 6) is -0.225. The van der Waals surface area contributed by atoms with Crippen LogP contribution in [0.3, 0.4) is 0 Å². The number of nitrogens with one attached hydrogen (secondary N) is 1. The van der Waals surface area contributed by atoms with E-state index in [2.05, 4.69) is 5.32 Å². The Morgan fingerprint density at radius 1 is 1.12 bits per heavy atom. The maximum absolute atomic E-state index is 11.5. The Kier molecular flexibility index (Phi) is 5.16. The lowest BCUT2D eigenvalue weighted by Gasteiger charge is -2.38. The maximum atomic E-state index is 11.5. The predicted octanol–water partition coefficient (Wildman–Crippen LogP) is 1.86. The SMILES string of the molecule is CC(C)(C)OC(=O)CCNC(C)(C)C(C)(C)O. The van der Waals surface area contributed by atoms with Crippen molar-refractivity contribution < 1.29 is 14.6 Å². The number of esters is 1. The number of aliphatic hydroxyl groups is 1. The molecule has 2 N–H and O–H groups in total. The molecule has 0 aliphatic heterocycles. The van der Waals surface area contributed by atoms with Crippen LogP contribution in [0.1, 0.15) is 54.9 Å². The van der Waals surface area contributed by atoms with E-state index in [1.807, 2.05) is 34.6 Å². The zero-order valence-electron chi connectivity index (χ0n) is 12.2. The van der Waals surface area contributed by atoms with E-state index in [4.69, 9.17) is 4.74 Å². The van der Waals surface area contributed by atoms with E-state index >= 15 is 0 Å². The second-order valence-electron chi connectivity index (χ2n) is 6.45. The summed E-state index contributed by atoms with van der Waals surface area (Å²) in [4.78, 5) is 11.5. The first-order chi connectivity index (χ1) is 7.35. The average Bonchev–Trinajstić information content (AvgIpc) is 1.97. The molecule has 4 nitrogen and oxygen atoms in total. The Morgan fingerprint density at radius 3 is 1.94 bits per heavy atom. The van der Waals surface area contributed by atoms with Gasteiger partial charge in [0.1, 0.15) is 5.60 Å². The van der Waals surface area contributed by atoms with Crippen molar-refractivity contribution >= 4 is 5.97 Å². The van der Waals surface area contributed by atoms with Crippen molar-refractivity contribution in [3.8, 4) is 0 Å². The van der Waals surface area contributed by atoms with E-state index in [1.54, 1.807) is 13.8 Å². The van der Waals surface area contributed by atoms with Crippen molar-refractivity contribution in [3.05, 3.63) is 0 Å². The zero-order chi connectivity index (χ0) is 13.9. The quantitative estimate of drug-likeness (QED) is 0.726. The van der Waals surface area contributed by atoms with Crippen molar-refractivity contribution in [1.29, 1.82) is 0 Å². The Balaban J connectivity index is 4.05. The fourth-order valence-electron chi connectivity index (χ4n) is 1.09. The molecule has 0 fully saturated rings. The first-order valence-electron chi connectivity index (χ1n) is 6.04. The first kappa shape index (κ1) is 16.4. The number of carbonyl (C=O) groups is 1. The van der Waals surface area contributed by atoms with Gasteiger partial charge in [0, 0.05) is 12.1 Å². The molecule has 0 atom stereocenters. The van der Waals surface area contributed by atoms with Crippen LogP contribution in [0.5, 0.6) is 0 Å². The molecule has 0 aromatic rings. The molecule has 0 rings (SSSR count). The Morgan fingerprint density at radius 2 is 1.59 bits per heavy atom. The molecule has 0 amide bonds. The van der Waals surface area contributed by atoms with Crippen LogP contribution in [0.15, 0.2) is 0 Å². The van der Waals surface area contributed by atoms with Crippen molar-refractivity contribution in [3.63, 3.8) is 0 Å². The van der Waals surface area contributed by atoms with E-state index in [0.717, 1.165) is 0 Å². The highest BCUT2D eigenvalue weighted by molar-refractivity contribution is 5.70. The highest BCUT2D eigenvalue weighted by Gasteiger charge is 2.34. The van der Waals surface area contributed by atoms with Crippen molar-refractivity contribution in [2.75, 3.05) is 6.54 Å². The molecule has 0 heterocycles. The van der Waals surface area contributed by atoms with Gasteiger partial charge in [0.05, 0.1) is 12.0 Å². The number of ether oxygens (including phenoxy) is 1. The van der Waals surface area contributed by atoms with Crippen LogP contribution in [0.25, 0.3) is 0 Å². The molecule has 4 heteroatoms. The molecular formula is C13H27NO3. The monoisotopic (exact) mass is 245 g/mol. The summed E-state index contributed by atoms with van der Waals surface area (Å²) in [6.07, 6.45) is 0.302. The van der Waals surface area contributed by atoms with Gasteiger partial charge in [0.15, 0.2) is 0 Å². The van der Waals surface area contributed by atoms with E-state index in [0.29, 0.717) is 13.0 Å². The van der Waals surface area contributed by atoms with Gasteiger partial charge in [-0.1, -0.05) is 0 Å². The Labute approximate surface area is 105 Å². The molecule has 0 unspecified atom stereocenters. The third kappa shape index (κ3) is 6.64. The van der Waals surface area contributed by atoms with Gasteiger partial charge in [0.25, 0.3) is 0 Å². The van der Waals surface area contributed by atoms with E-state index in [1.165, 1.54) is 0 Å². The van der Waals surface area contributed by atoms with E-state index in [9.17, 15) is 9.90 Å². The maximum Gasteiger partial charge on any atom is 0.307 e. The summed E-state index contributed by atoms with van der Waals surface area (Å²) in [6, 6.07) is 0. The van der Waals surface area contributed by atoms with Crippen molar-refractivity contribution in [2.24, 2.45) is 0 Å². The fraction of sp³-hybridized carbons (Fsp3) is 0.923. The van der Waals surface area contributed by atoms with Crippen LogP contribution in [-0.4, -0.2) is 34.4 Å². The van der Waals surface area contributed by atoms with Crippen LogP contribution in [0.2, 0.25) is 0 Å². The van der Waals surface area contributed by atoms with Gasteiger partial charge in [-0.2, -0.15) is 0 Å². The van der Waals surface area contributed by atoms with Crippen molar-refractivity contribution in [1.82, 2.24) is 5.32 Å². The largest absolute Gasteiger partial charge is 0.460 e. The average molecular weight is 245 g/mol. The van der Waals surface area contributed by atoms with Gasteiger partial charge in [-0.25, -0.2) is 0 Å². The lowest BCUT2D eigenvalue weighted by molar-refractivity contribution is -0.154. The standard InChI is InChI=1S/C13H27NO3/c1-11(2,3)17-10(15)8-9-14-12(4,5)13(6,7)16/h14,16H,8-9H2,1-7H3. The Bertz CT molecular complexity index is 259. The highest BCUT2D eigenvalue weighted by Crippen LogP contribution is 2.20. The molecule has 0 aliphatic rings. The van der Waals surface area contributed by atoms with Crippen LogP contribution in [-0.2, 0) is 9.53 Å². The lowest BCUT2D eigenvalue weighted by Crippen LogP contribution is -2.56. The van der Waals surface area contributed by atoms with Crippen molar-refractivity contribution in [2.45, 2.75) is 71.6 Å².